The summed E-state index contributed by atoms with van der Waals surface area (Å²) in [6.45, 7) is 1.46. The van der Waals surface area contributed by atoms with Crippen LogP contribution in [-0.2, 0) is 9.59 Å². The Kier molecular flexibility index (Phi) is 4.59. The molecule has 1 saturated heterocycles. The number of primary amides is 1. The van der Waals surface area contributed by atoms with Gasteiger partial charge < -0.3 is 5.73 Å². The summed E-state index contributed by atoms with van der Waals surface area (Å²) in [6.07, 6.45) is 3.54. The van der Waals surface area contributed by atoms with Crippen molar-refractivity contribution < 1.29 is 14.4 Å². The lowest BCUT2D eigenvalue weighted by Crippen LogP contribution is -2.36. The molecule has 0 unspecified atom stereocenters. The van der Waals surface area contributed by atoms with E-state index in [0.717, 1.165) is 27.8 Å². The average molecular weight is 302 g/mol. The highest BCUT2D eigenvalue weighted by Gasteiger charge is 2.35. The van der Waals surface area contributed by atoms with Crippen LogP contribution in [0.25, 0.3) is 6.08 Å². The molecule has 0 radical (unpaired) electrons. The maximum Gasteiger partial charge on any atom is 0.294 e. The van der Waals surface area contributed by atoms with Gasteiger partial charge in [0, 0.05) is 0 Å². The summed E-state index contributed by atoms with van der Waals surface area (Å²) in [5.41, 5.74) is 6.86. The molecule has 0 bridgehead atoms. The zero-order chi connectivity index (χ0) is 15.4. The second-order valence-corrected chi connectivity index (χ2v) is 5.53. The van der Waals surface area contributed by atoms with Gasteiger partial charge in [0.1, 0.15) is 6.54 Å². The van der Waals surface area contributed by atoms with E-state index in [1.165, 1.54) is 0 Å². The molecule has 1 fully saturated rings. The third-order valence-corrected chi connectivity index (χ3v) is 3.65. The minimum Gasteiger partial charge on any atom is -0.368 e. The summed E-state index contributed by atoms with van der Waals surface area (Å²) in [6, 6.07) is 9.63. The van der Waals surface area contributed by atoms with Gasteiger partial charge in [-0.15, -0.1) is 0 Å². The number of nitrogens with zero attached hydrogens (tertiary/aromatic N) is 1. The SMILES string of the molecule is CC(/C=C1\SC(=O)N(CC(N)=O)C1=O)=C\c1ccccc1. The quantitative estimate of drug-likeness (QED) is 0.864. The number of allylic oxidation sites excluding steroid dienone is 2. The molecule has 1 heterocycles. The average Bonchev–Trinajstić information content (AvgIpc) is 2.67. The molecule has 0 spiro atoms. The van der Waals surface area contributed by atoms with Gasteiger partial charge in [0.15, 0.2) is 0 Å². The number of imide groups is 1. The molecule has 108 valence electrons. The molecule has 0 saturated carbocycles. The number of carbonyl (C=O) groups excluding carboxylic acids is 3. The zero-order valence-corrected chi connectivity index (χ0v) is 12.2. The molecule has 0 aliphatic carbocycles. The summed E-state index contributed by atoms with van der Waals surface area (Å²) < 4.78 is 0. The van der Waals surface area contributed by atoms with Crippen molar-refractivity contribution in [1.82, 2.24) is 4.90 Å². The fraction of sp³-hybridized carbons (Fsp3) is 0.133. The summed E-state index contributed by atoms with van der Waals surface area (Å²) in [5, 5.41) is -0.474. The second kappa shape index (κ2) is 6.41. The van der Waals surface area contributed by atoms with Crippen molar-refractivity contribution in [3.8, 4) is 0 Å². The fourth-order valence-corrected chi connectivity index (χ4v) is 2.74. The van der Waals surface area contributed by atoms with Crippen molar-refractivity contribution in [2.45, 2.75) is 6.92 Å². The maximum atomic E-state index is 12.0. The first-order chi connectivity index (χ1) is 9.97. The van der Waals surface area contributed by atoms with E-state index >= 15 is 0 Å². The van der Waals surface area contributed by atoms with Gasteiger partial charge in [-0.05, 0) is 35.9 Å². The minimum atomic E-state index is -0.713. The van der Waals surface area contributed by atoms with Crippen LogP contribution in [0.15, 0.2) is 46.9 Å². The van der Waals surface area contributed by atoms with Crippen LogP contribution in [0, 0.1) is 0 Å². The van der Waals surface area contributed by atoms with Crippen LogP contribution in [0.2, 0.25) is 0 Å². The first-order valence-corrected chi connectivity index (χ1v) is 7.06. The lowest BCUT2D eigenvalue weighted by Gasteiger charge is -2.08. The van der Waals surface area contributed by atoms with E-state index in [0.29, 0.717) is 4.91 Å². The van der Waals surface area contributed by atoms with Crippen molar-refractivity contribution in [2.75, 3.05) is 6.54 Å². The maximum absolute atomic E-state index is 12.0. The molecule has 21 heavy (non-hydrogen) atoms. The van der Waals surface area contributed by atoms with Crippen LogP contribution in [0.4, 0.5) is 4.79 Å². The monoisotopic (exact) mass is 302 g/mol. The van der Waals surface area contributed by atoms with E-state index in [-0.39, 0.29) is 6.54 Å². The number of benzene rings is 1. The topological polar surface area (TPSA) is 80.5 Å². The molecule has 0 atom stereocenters. The highest BCUT2D eigenvalue weighted by atomic mass is 32.2. The van der Waals surface area contributed by atoms with Crippen molar-refractivity contribution >= 4 is 34.9 Å². The molecule has 0 aromatic heterocycles. The number of amides is 3. The van der Waals surface area contributed by atoms with Crippen LogP contribution in [-0.4, -0.2) is 28.5 Å². The first-order valence-electron chi connectivity index (χ1n) is 6.24. The van der Waals surface area contributed by atoms with E-state index in [4.69, 9.17) is 5.73 Å². The van der Waals surface area contributed by atoms with Crippen molar-refractivity contribution in [3.63, 3.8) is 0 Å². The Hall–Kier alpha value is -2.34. The van der Waals surface area contributed by atoms with Gasteiger partial charge in [-0.25, -0.2) is 0 Å². The molecular formula is C15H14N2O3S. The fourth-order valence-electron chi connectivity index (χ4n) is 1.85. The summed E-state index contributed by atoms with van der Waals surface area (Å²) in [5.74, 6) is -1.19. The zero-order valence-electron chi connectivity index (χ0n) is 11.4. The number of rotatable bonds is 4. The summed E-state index contributed by atoms with van der Waals surface area (Å²) >= 11 is 0.813. The third-order valence-electron chi connectivity index (χ3n) is 2.74. The summed E-state index contributed by atoms with van der Waals surface area (Å²) in [7, 11) is 0. The Bertz CT molecular complexity index is 650. The van der Waals surface area contributed by atoms with Crippen LogP contribution >= 0.6 is 11.8 Å². The van der Waals surface area contributed by atoms with Gasteiger partial charge in [0.25, 0.3) is 11.1 Å². The molecule has 2 N–H and O–H groups in total. The summed E-state index contributed by atoms with van der Waals surface area (Å²) in [4.78, 5) is 35.7. The third kappa shape index (κ3) is 3.82. The lowest BCUT2D eigenvalue weighted by atomic mass is 10.1. The molecule has 3 amide bonds. The molecule has 1 aromatic carbocycles. The van der Waals surface area contributed by atoms with Crippen molar-refractivity contribution in [2.24, 2.45) is 5.73 Å². The van der Waals surface area contributed by atoms with Gasteiger partial charge in [-0.3, -0.25) is 19.3 Å². The van der Waals surface area contributed by atoms with Crippen LogP contribution in [0.1, 0.15) is 12.5 Å². The second-order valence-electron chi connectivity index (χ2n) is 4.53. The van der Waals surface area contributed by atoms with Gasteiger partial charge in [0.2, 0.25) is 5.91 Å². The van der Waals surface area contributed by atoms with Gasteiger partial charge in [0.05, 0.1) is 4.91 Å². The molecule has 1 aliphatic heterocycles. The largest absolute Gasteiger partial charge is 0.368 e. The first kappa shape index (κ1) is 15.1. The highest BCUT2D eigenvalue weighted by molar-refractivity contribution is 8.18. The number of nitrogens with two attached hydrogens (primary N) is 1. The van der Waals surface area contributed by atoms with Gasteiger partial charge >= 0.3 is 0 Å². The van der Waals surface area contributed by atoms with Crippen LogP contribution in [0.5, 0.6) is 0 Å². The normalized spacial score (nSPS) is 17.7. The predicted molar refractivity (Wildman–Crippen MR) is 82.1 cm³/mol. The van der Waals surface area contributed by atoms with Crippen LogP contribution in [0.3, 0.4) is 0 Å². The Morgan fingerprint density at radius 1 is 1.29 bits per heavy atom. The molecule has 1 aliphatic rings. The Morgan fingerprint density at radius 3 is 2.57 bits per heavy atom. The Labute approximate surface area is 126 Å². The lowest BCUT2D eigenvalue weighted by molar-refractivity contribution is -0.128. The number of hydrogen-bond donors (Lipinski definition) is 1. The minimum absolute atomic E-state index is 0.297. The molecule has 2 rings (SSSR count). The molecule has 1 aromatic rings. The number of thioether (sulfide) groups is 1. The van der Waals surface area contributed by atoms with Crippen molar-refractivity contribution in [1.29, 1.82) is 0 Å². The van der Waals surface area contributed by atoms with E-state index in [2.05, 4.69) is 0 Å². The van der Waals surface area contributed by atoms with Gasteiger partial charge in [-0.2, -0.15) is 0 Å². The van der Waals surface area contributed by atoms with Gasteiger partial charge in [-0.1, -0.05) is 36.4 Å². The van der Waals surface area contributed by atoms with Crippen molar-refractivity contribution in [3.05, 3.63) is 52.4 Å². The van der Waals surface area contributed by atoms with E-state index in [9.17, 15) is 14.4 Å². The van der Waals surface area contributed by atoms with Crippen LogP contribution < -0.4 is 5.73 Å². The Balaban J connectivity index is 2.18. The van der Waals surface area contributed by atoms with E-state index < -0.39 is 17.1 Å². The molecule has 6 heteroatoms. The van der Waals surface area contributed by atoms with E-state index in [1.807, 2.05) is 43.3 Å². The standard InChI is InChI=1S/C15H14N2O3S/c1-10(7-11-5-3-2-4-6-11)8-12-14(19)17(9-13(16)18)15(20)21-12/h2-8H,9H2,1H3,(H2,16,18)/b10-7+,12-8-. The number of carbonyl (C=O) groups is 3. The number of hydrogen-bond acceptors (Lipinski definition) is 4. The smallest absolute Gasteiger partial charge is 0.294 e. The van der Waals surface area contributed by atoms with E-state index in [1.54, 1.807) is 6.08 Å². The highest BCUT2D eigenvalue weighted by Crippen LogP contribution is 2.31. The predicted octanol–water partition coefficient (Wildman–Crippen LogP) is 2.15. The molecule has 5 nitrogen and oxygen atoms in total. The molecular weight excluding hydrogens is 288 g/mol. The Morgan fingerprint density at radius 2 is 1.95 bits per heavy atom.